The smallest absolute Gasteiger partial charge is 0.274 e. The van der Waals surface area contributed by atoms with Crippen molar-refractivity contribution in [1.29, 1.82) is 0 Å². The standard InChI is InChI=1S/C32H34ClFN4O7S/c1-5-26(28(39)36-46(4,42)43)44-27-9-7-6-8-22(27)19-10-11-23(24(34)16-19)30(40)37-14-12-21(13-15-37)38-25-17-20(33)18-35-29(25)45-32(2,3)31(38)41/h6-11,16-18,21,26H,5,12-15H2,1-4H3,(H,36,39)/t26-/m1/s1. The number of carbonyl (C=O) groups excluding carboxylic acids is 3. The zero-order valence-corrected chi connectivity index (χ0v) is 27.3. The van der Waals surface area contributed by atoms with Crippen molar-refractivity contribution in [2.75, 3.05) is 24.2 Å². The van der Waals surface area contributed by atoms with Gasteiger partial charge in [-0.15, -0.1) is 0 Å². The van der Waals surface area contributed by atoms with Gasteiger partial charge in [0.05, 0.1) is 16.8 Å². The van der Waals surface area contributed by atoms with E-state index in [4.69, 9.17) is 21.1 Å². The number of rotatable bonds is 8. The maximum Gasteiger partial charge on any atom is 0.274 e. The Bertz CT molecular complexity index is 1790. The molecule has 0 aliphatic carbocycles. The molecule has 1 N–H and O–H groups in total. The molecule has 2 aromatic carbocycles. The Morgan fingerprint density at radius 3 is 2.52 bits per heavy atom. The predicted octanol–water partition coefficient (Wildman–Crippen LogP) is 4.58. The van der Waals surface area contributed by atoms with E-state index in [0.29, 0.717) is 53.6 Å². The normalized spacial score (nSPS) is 17.1. The Morgan fingerprint density at radius 2 is 1.87 bits per heavy atom. The minimum atomic E-state index is -3.79. The van der Waals surface area contributed by atoms with Gasteiger partial charge in [0.1, 0.15) is 17.3 Å². The number of fused-ring (bicyclic) bond motifs is 1. The summed E-state index contributed by atoms with van der Waals surface area (Å²) in [5, 5.41) is 0.364. The average molecular weight is 673 g/mol. The monoisotopic (exact) mass is 672 g/mol. The van der Waals surface area contributed by atoms with Crippen molar-refractivity contribution in [2.45, 2.75) is 57.8 Å². The maximum atomic E-state index is 15.5. The minimum absolute atomic E-state index is 0.107. The van der Waals surface area contributed by atoms with Crippen LogP contribution in [0.2, 0.25) is 5.02 Å². The first-order chi connectivity index (χ1) is 21.7. The number of nitrogens with zero attached hydrogens (tertiary/aromatic N) is 3. The molecule has 1 aromatic heterocycles. The van der Waals surface area contributed by atoms with Crippen LogP contribution in [0.15, 0.2) is 54.7 Å². The van der Waals surface area contributed by atoms with E-state index in [9.17, 15) is 22.8 Å². The SMILES string of the molecule is CC[C@@H](Oc1ccccc1-c1ccc(C(=O)N2CCC(N3C(=O)C(C)(C)Oc4ncc(Cl)cc43)CC2)c(F)c1)C(=O)NS(C)(=O)=O. The molecule has 11 nitrogen and oxygen atoms in total. The fourth-order valence-electron chi connectivity index (χ4n) is 5.60. The molecular weight excluding hydrogens is 639 g/mol. The zero-order chi connectivity index (χ0) is 33.4. The third-order valence-corrected chi connectivity index (χ3v) is 8.66. The fraction of sp³-hybridized carbons (Fsp3) is 0.375. The number of ether oxygens (including phenoxy) is 2. The van der Waals surface area contributed by atoms with Crippen LogP contribution in [-0.4, -0.2) is 73.1 Å². The van der Waals surface area contributed by atoms with Crippen LogP contribution in [0.4, 0.5) is 10.1 Å². The highest BCUT2D eigenvalue weighted by Crippen LogP contribution is 2.40. The number of hydrogen-bond acceptors (Lipinski definition) is 8. The highest BCUT2D eigenvalue weighted by atomic mass is 35.5. The Labute approximate surface area is 271 Å². The Kier molecular flexibility index (Phi) is 9.28. The summed E-state index contributed by atoms with van der Waals surface area (Å²) >= 11 is 6.18. The number of halogens is 2. The second-order valence-electron chi connectivity index (χ2n) is 11.7. The number of piperidine rings is 1. The van der Waals surface area contributed by atoms with Crippen molar-refractivity contribution in [3.05, 3.63) is 71.1 Å². The van der Waals surface area contributed by atoms with Crippen LogP contribution in [0.1, 0.15) is 50.4 Å². The van der Waals surface area contributed by atoms with Crippen molar-refractivity contribution >= 4 is 45.0 Å². The third-order valence-electron chi connectivity index (χ3n) is 7.88. The van der Waals surface area contributed by atoms with Crippen LogP contribution < -0.4 is 19.1 Å². The number of hydrogen-bond donors (Lipinski definition) is 1. The first kappa shape index (κ1) is 33.1. The topological polar surface area (TPSA) is 135 Å². The highest BCUT2D eigenvalue weighted by molar-refractivity contribution is 7.89. The summed E-state index contributed by atoms with van der Waals surface area (Å²) in [4.78, 5) is 46.7. The van der Waals surface area contributed by atoms with Crippen molar-refractivity contribution < 1.29 is 36.7 Å². The quantitative estimate of drug-likeness (QED) is 0.368. The van der Waals surface area contributed by atoms with E-state index in [1.54, 1.807) is 67.0 Å². The van der Waals surface area contributed by atoms with Crippen molar-refractivity contribution in [3.8, 4) is 22.8 Å². The van der Waals surface area contributed by atoms with Crippen molar-refractivity contribution in [2.24, 2.45) is 0 Å². The number of sulfonamides is 1. The summed E-state index contributed by atoms with van der Waals surface area (Å²) in [6, 6.07) is 12.3. The lowest BCUT2D eigenvalue weighted by Gasteiger charge is -2.44. The van der Waals surface area contributed by atoms with Gasteiger partial charge in [0.15, 0.2) is 11.7 Å². The molecule has 0 unspecified atom stereocenters. The number of anilines is 1. The van der Waals surface area contributed by atoms with E-state index in [-0.39, 0.29) is 29.7 Å². The minimum Gasteiger partial charge on any atom is -0.480 e. The van der Waals surface area contributed by atoms with E-state index < -0.39 is 39.4 Å². The Morgan fingerprint density at radius 1 is 1.17 bits per heavy atom. The summed E-state index contributed by atoms with van der Waals surface area (Å²) < 4.78 is 52.2. The molecule has 244 valence electrons. The van der Waals surface area contributed by atoms with E-state index in [2.05, 4.69) is 4.98 Å². The van der Waals surface area contributed by atoms with E-state index in [1.807, 2.05) is 4.72 Å². The Balaban J connectivity index is 1.30. The van der Waals surface area contributed by atoms with E-state index in [1.165, 1.54) is 18.3 Å². The number of carbonyl (C=O) groups is 3. The number of pyridine rings is 1. The molecule has 2 aliphatic heterocycles. The average Bonchev–Trinajstić information content (AvgIpc) is 3.00. The molecule has 3 amide bonds. The lowest BCUT2D eigenvalue weighted by atomic mass is 9.96. The second kappa shape index (κ2) is 12.9. The molecule has 5 rings (SSSR count). The van der Waals surface area contributed by atoms with Gasteiger partial charge in [-0.05, 0) is 62.9 Å². The number of aromatic nitrogens is 1. The van der Waals surface area contributed by atoms with Crippen LogP contribution in [0.25, 0.3) is 11.1 Å². The zero-order valence-electron chi connectivity index (χ0n) is 25.7. The summed E-state index contributed by atoms with van der Waals surface area (Å²) in [6.07, 6.45) is 2.32. The van der Waals surface area contributed by atoms with E-state index >= 15 is 4.39 Å². The van der Waals surface area contributed by atoms with Crippen LogP contribution in [-0.2, 0) is 19.6 Å². The lowest BCUT2D eigenvalue weighted by molar-refractivity contribution is -0.133. The summed E-state index contributed by atoms with van der Waals surface area (Å²) in [6.45, 7) is 5.61. The number of para-hydroxylation sites is 1. The summed E-state index contributed by atoms with van der Waals surface area (Å²) in [5.41, 5.74) is 0.106. The molecule has 1 fully saturated rings. The van der Waals surface area contributed by atoms with Gasteiger partial charge in [0.2, 0.25) is 15.9 Å². The fourth-order valence-corrected chi connectivity index (χ4v) is 6.25. The van der Waals surface area contributed by atoms with Gasteiger partial charge in [-0.1, -0.05) is 42.8 Å². The first-order valence-electron chi connectivity index (χ1n) is 14.7. The lowest BCUT2D eigenvalue weighted by Crippen LogP contribution is -2.58. The van der Waals surface area contributed by atoms with Gasteiger partial charge in [-0.3, -0.25) is 19.1 Å². The number of benzene rings is 2. The van der Waals surface area contributed by atoms with Crippen LogP contribution >= 0.6 is 11.6 Å². The Hall–Kier alpha value is -4.23. The van der Waals surface area contributed by atoms with Crippen molar-refractivity contribution in [1.82, 2.24) is 14.6 Å². The van der Waals surface area contributed by atoms with Crippen LogP contribution in [0, 0.1) is 5.82 Å². The number of nitrogens with one attached hydrogen (secondary N) is 1. The summed E-state index contributed by atoms with van der Waals surface area (Å²) in [7, 11) is -3.79. The number of likely N-dealkylation sites (tertiary alicyclic amines) is 1. The molecule has 1 saturated heterocycles. The molecule has 0 spiro atoms. The predicted molar refractivity (Wildman–Crippen MR) is 170 cm³/mol. The second-order valence-corrected chi connectivity index (χ2v) is 13.9. The molecule has 0 saturated carbocycles. The third kappa shape index (κ3) is 6.95. The van der Waals surface area contributed by atoms with Crippen LogP contribution in [0.5, 0.6) is 11.6 Å². The molecule has 0 radical (unpaired) electrons. The van der Waals surface area contributed by atoms with Crippen molar-refractivity contribution in [3.63, 3.8) is 0 Å². The first-order valence-corrected chi connectivity index (χ1v) is 17.0. The van der Waals surface area contributed by atoms with Crippen LogP contribution in [0.3, 0.4) is 0 Å². The molecule has 0 bridgehead atoms. The van der Waals surface area contributed by atoms with Gasteiger partial charge in [-0.25, -0.2) is 17.8 Å². The molecule has 1 atom stereocenters. The van der Waals surface area contributed by atoms with E-state index in [0.717, 1.165) is 6.26 Å². The summed E-state index contributed by atoms with van der Waals surface area (Å²) in [5.74, 6) is -1.71. The van der Waals surface area contributed by atoms with Gasteiger partial charge >= 0.3 is 0 Å². The largest absolute Gasteiger partial charge is 0.480 e. The molecular formula is C32H34ClFN4O7S. The maximum absolute atomic E-state index is 15.5. The molecule has 2 aliphatic rings. The molecule has 3 heterocycles. The number of amides is 3. The highest BCUT2D eigenvalue weighted by Gasteiger charge is 2.45. The van der Waals surface area contributed by atoms with Gasteiger partial charge in [0.25, 0.3) is 17.7 Å². The molecule has 3 aromatic rings. The van der Waals surface area contributed by atoms with Gasteiger partial charge in [0, 0.05) is 30.9 Å². The molecule has 46 heavy (non-hydrogen) atoms. The van der Waals surface area contributed by atoms with Gasteiger partial charge in [-0.2, -0.15) is 0 Å². The van der Waals surface area contributed by atoms with Gasteiger partial charge < -0.3 is 19.3 Å². The molecule has 14 heteroatoms.